The van der Waals surface area contributed by atoms with Gasteiger partial charge in [-0.1, -0.05) is 36.4 Å². The van der Waals surface area contributed by atoms with Crippen LogP contribution in [0.25, 0.3) is 16.3 Å². The highest BCUT2D eigenvalue weighted by Crippen LogP contribution is 2.36. The Hall–Kier alpha value is -2.02. The molecule has 0 bridgehead atoms. The first-order valence-electron chi connectivity index (χ1n) is 9.75. The minimum atomic E-state index is -3.43. The highest BCUT2D eigenvalue weighted by molar-refractivity contribution is 7.93. The van der Waals surface area contributed by atoms with Crippen LogP contribution in [0.1, 0.15) is 41.3 Å². The lowest BCUT2D eigenvalue weighted by atomic mass is 9.98. The molecule has 0 amide bonds. The topological polar surface area (TPSA) is 50.3 Å². The zero-order valence-electron chi connectivity index (χ0n) is 15.5. The molecule has 0 N–H and O–H groups in total. The molecule has 0 unspecified atom stereocenters. The lowest BCUT2D eigenvalue weighted by Gasteiger charge is -2.32. The van der Waals surface area contributed by atoms with Crippen LogP contribution in [0.4, 0.5) is 0 Å². The van der Waals surface area contributed by atoms with Crippen molar-refractivity contribution < 1.29 is 8.42 Å². The number of sulfonamides is 1. The van der Waals surface area contributed by atoms with Gasteiger partial charge in [0.25, 0.3) is 0 Å². The summed E-state index contributed by atoms with van der Waals surface area (Å²) in [6.45, 7) is 1.13. The van der Waals surface area contributed by atoms with Crippen molar-refractivity contribution in [2.24, 2.45) is 0 Å². The zero-order valence-corrected chi connectivity index (χ0v) is 17.2. The number of allylic oxidation sites excluding steroid dienone is 1. The molecule has 1 saturated heterocycles. The second-order valence-corrected chi connectivity index (χ2v) is 10.6. The molecule has 144 valence electrons. The van der Waals surface area contributed by atoms with E-state index in [1.807, 2.05) is 42.5 Å². The van der Waals surface area contributed by atoms with Crippen LogP contribution in [0.15, 0.2) is 53.4 Å². The van der Waals surface area contributed by atoms with Gasteiger partial charge in [-0.05, 0) is 55.0 Å². The number of aromatic nitrogens is 1. The Morgan fingerprint density at radius 1 is 1.04 bits per heavy atom. The second-order valence-electron chi connectivity index (χ2n) is 7.53. The molecule has 0 spiro atoms. The van der Waals surface area contributed by atoms with Crippen molar-refractivity contribution in [1.29, 1.82) is 0 Å². The van der Waals surface area contributed by atoms with E-state index in [4.69, 9.17) is 4.98 Å². The molecule has 3 aromatic rings. The van der Waals surface area contributed by atoms with E-state index < -0.39 is 10.0 Å². The summed E-state index contributed by atoms with van der Waals surface area (Å²) in [5.41, 5.74) is 3.27. The molecule has 0 radical (unpaired) electrons. The van der Waals surface area contributed by atoms with E-state index >= 15 is 0 Å². The number of benzene rings is 2. The monoisotopic (exact) mass is 410 g/mol. The summed E-state index contributed by atoms with van der Waals surface area (Å²) in [5.74, 6) is 0.178. The predicted octanol–water partition coefficient (Wildman–Crippen LogP) is 4.79. The van der Waals surface area contributed by atoms with Crippen molar-refractivity contribution in [1.82, 2.24) is 9.29 Å². The van der Waals surface area contributed by atoms with Gasteiger partial charge in [-0.25, -0.2) is 13.4 Å². The van der Waals surface area contributed by atoms with Crippen molar-refractivity contribution in [2.45, 2.75) is 31.6 Å². The third kappa shape index (κ3) is 3.19. The standard InChI is InChI=1S/C22H22N2O2S2/c25-28(26,19-12-11-16-6-1-2-7-17(16)14-19)24-13-5-8-18(15-24)22-23-20-9-3-4-10-21(20)27-22/h1-4,6-7,9-10,14,18H,5,8,11-13,15H2/t18-/m0/s1. The van der Waals surface area contributed by atoms with E-state index in [-0.39, 0.29) is 5.92 Å². The molecule has 1 aliphatic heterocycles. The van der Waals surface area contributed by atoms with Crippen LogP contribution in [0.5, 0.6) is 0 Å². The van der Waals surface area contributed by atoms with Crippen LogP contribution in [-0.2, 0) is 16.4 Å². The van der Waals surface area contributed by atoms with Crippen molar-refractivity contribution in [2.75, 3.05) is 13.1 Å². The maximum atomic E-state index is 13.3. The highest BCUT2D eigenvalue weighted by Gasteiger charge is 2.34. The summed E-state index contributed by atoms with van der Waals surface area (Å²) >= 11 is 1.70. The zero-order chi connectivity index (χ0) is 19.1. The van der Waals surface area contributed by atoms with Gasteiger partial charge in [-0.2, -0.15) is 4.31 Å². The Labute approximate surface area is 169 Å². The van der Waals surface area contributed by atoms with Gasteiger partial charge in [0.05, 0.1) is 20.1 Å². The normalized spacial score (nSPS) is 20.7. The van der Waals surface area contributed by atoms with Crippen LogP contribution >= 0.6 is 11.3 Å². The van der Waals surface area contributed by atoms with Crippen LogP contribution in [0, 0.1) is 0 Å². The summed E-state index contributed by atoms with van der Waals surface area (Å²) in [7, 11) is -3.43. The fourth-order valence-corrected chi connectivity index (χ4v) is 7.01. The van der Waals surface area contributed by atoms with Gasteiger partial charge in [-0.3, -0.25) is 0 Å². The molecule has 1 aromatic heterocycles. The Bertz CT molecular complexity index is 1130. The summed E-state index contributed by atoms with van der Waals surface area (Å²) in [4.78, 5) is 5.33. The van der Waals surface area contributed by atoms with Gasteiger partial charge in [-0.15, -0.1) is 11.3 Å². The fraction of sp³-hybridized carbons (Fsp3) is 0.318. The quantitative estimate of drug-likeness (QED) is 0.624. The van der Waals surface area contributed by atoms with Crippen LogP contribution < -0.4 is 0 Å². The predicted molar refractivity (Wildman–Crippen MR) is 115 cm³/mol. The molecular formula is C22H22N2O2S2. The van der Waals surface area contributed by atoms with Crippen molar-refractivity contribution in [3.63, 3.8) is 0 Å². The van der Waals surface area contributed by atoms with E-state index in [1.165, 1.54) is 10.3 Å². The molecule has 6 heteroatoms. The number of piperidine rings is 1. The van der Waals surface area contributed by atoms with E-state index in [0.29, 0.717) is 24.4 Å². The summed E-state index contributed by atoms with van der Waals surface area (Å²) < 4.78 is 29.5. The van der Waals surface area contributed by atoms with Crippen molar-refractivity contribution >= 4 is 37.7 Å². The number of nitrogens with zero attached hydrogens (tertiary/aromatic N) is 2. The van der Waals surface area contributed by atoms with Gasteiger partial charge in [0, 0.05) is 19.0 Å². The summed E-state index contributed by atoms with van der Waals surface area (Å²) in [6, 6.07) is 16.2. The van der Waals surface area contributed by atoms with Gasteiger partial charge < -0.3 is 0 Å². The third-order valence-corrected chi connectivity index (χ3v) is 8.92. The van der Waals surface area contributed by atoms with Crippen LogP contribution in [0.2, 0.25) is 0 Å². The molecule has 2 aliphatic rings. The Morgan fingerprint density at radius 2 is 1.86 bits per heavy atom. The average molecular weight is 411 g/mol. The average Bonchev–Trinajstić information content (AvgIpc) is 3.18. The molecule has 5 rings (SSSR count). The van der Waals surface area contributed by atoms with E-state index in [2.05, 4.69) is 12.1 Å². The first kappa shape index (κ1) is 18.0. The molecule has 1 fully saturated rings. The van der Waals surface area contributed by atoms with Gasteiger partial charge >= 0.3 is 0 Å². The third-order valence-electron chi connectivity index (χ3n) is 5.73. The number of rotatable bonds is 3. The maximum absolute atomic E-state index is 13.3. The number of hydrogen-bond donors (Lipinski definition) is 0. The molecule has 28 heavy (non-hydrogen) atoms. The minimum absolute atomic E-state index is 0.178. The number of fused-ring (bicyclic) bond motifs is 2. The highest BCUT2D eigenvalue weighted by atomic mass is 32.2. The molecular weight excluding hydrogens is 388 g/mol. The van der Waals surface area contributed by atoms with Crippen LogP contribution in [0.3, 0.4) is 0 Å². The summed E-state index contributed by atoms with van der Waals surface area (Å²) in [5, 5.41) is 1.06. The van der Waals surface area contributed by atoms with Crippen molar-refractivity contribution in [3.05, 3.63) is 69.6 Å². The fourth-order valence-electron chi connectivity index (χ4n) is 4.20. The number of aryl methyl sites for hydroxylation is 1. The SMILES string of the molecule is O=S(=O)(C1=Cc2ccccc2CC1)N1CCC[C@H](c2nc3ccccc3s2)C1. The first-order valence-corrected chi connectivity index (χ1v) is 12.0. The van der Waals surface area contributed by atoms with Gasteiger partial charge in [0.2, 0.25) is 10.0 Å². The van der Waals surface area contributed by atoms with E-state index in [1.54, 1.807) is 15.6 Å². The molecule has 1 atom stereocenters. The summed E-state index contributed by atoms with van der Waals surface area (Å²) in [6.07, 6.45) is 5.12. The Morgan fingerprint density at radius 3 is 2.75 bits per heavy atom. The first-order chi connectivity index (χ1) is 13.6. The lowest BCUT2D eigenvalue weighted by molar-refractivity contribution is 0.317. The molecule has 1 aliphatic carbocycles. The molecule has 0 saturated carbocycles. The van der Waals surface area contributed by atoms with Gasteiger partial charge in [0.15, 0.2) is 0 Å². The van der Waals surface area contributed by atoms with Crippen LogP contribution in [-0.4, -0.2) is 30.8 Å². The van der Waals surface area contributed by atoms with E-state index in [0.717, 1.165) is 35.4 Å². The number of thiazole rings is 1. The van der Waals surface area contributed by atoms with Gasteiger partial charge in [0.1, 0.15) is 0 Å². The van der Waals surface area contributed by atoms with E-state index in [9.17, 15) is 8.42 Å². The Balaban J connectivity index is 1.42. The largest absolute Gasteiger partial charge is 0.241 e. The number of hydrogen-bond acceptors (Lipinski definition) is 4. The maximum Gasteiger partial charge on any atom is 0.239 e. The Kier molecular flexibility index (Phi) is 4.57. The number of para-hydroxylation sites is 1. The molecule has 4 nitrogen and oxygen atoms in total. The smallest absolute Gasteiger partial charge is 0.239 e. The molecule has 2 aromatic carbocycles. The minimum Gasteiger partial charge on any atom is -0.241 e. The van der Waals surface area contributed by atoms with Crippen molar-refractivity contribution in [3.8, 4) is 0 Å². The second kappa shape index (κ2) is 7.10. The molecule has 2 heterocycles. The lowest BCUT2D eigenvalue weighted by Crippen LogP contribution is -2.39.